The summed E-state index contributed by atoms with van der Waals surface area (Å²) in [4.78, 5) is 27.4. The molecule has 4 rings (SSSR count). The van der Waals surface area contributed by atoms with Gasteiger partial charge in [-0.05, 0) is 36.2 Å². The molecule has 0 radical (unpaired) electrons. The van der Waals surface area contributed by atoms with Gasteiger partial charge in [0.15, 0.2) is 0 Å². The number of benzene rings is 1. The number of nitrogens with one attached hydrogen (secondary N) is 1. The molecule has 3 aromatic rings. The van der Waals surface area contributed by atoms with Crippen molar-refractivity contribution in [3.63, 3.8) is 0 Å². The van der Waals surface area contributed by atoms with E-state index in [4.69, 9.17) is 11.6 Å². The van der Waals surface area contributed by atoms with Crippen LogP contribution in [0.2, 0.25) is 5.02 Å². The SMILES string of the molecule is O=c1c([N+](=O)[O-])c(NC2CC2c2cccc(Cl)c2)nc2ccccn12. The van der Waals surface area contributed by atoms with Crippen LogP contribution in [0.1, 0.15) is 17.9 Å². The zero-order valence-corrected chi connectivity index (χ0v) is 13.7. The second kappa shape index (κ2) is 5.86. The highest BCUT2D eigenvalue weighted by molar-refractivity contribution is 6.30. The molecular weight excluding hydrogens is 344 g/mol. The number of fused-ring (bicyclic) bond motifs is 1. The molecule has 2 atom stereocenters. The van der Waals surface area contributed by atoms with Gasteiger partial charge in [0.05, 0.1) is 4.92 Å². The standard InChI is InChI=1S/C17H13ClN4O3/c18-11-5-3-4-10(8-11)12-9-13(12)19-16-15(22(24)25)17(23)21-7-2-1-6-14(21)20-16/h1-8,12-13,19H,9H2. The van der Waals surface area contributed by atoms with Crippen molar-refractivity contribution >= 4 is 28.8 Å². The molecule has 126 valence electrons. The molecule has 1 N–H and O–H groups in total. The number of hydrogen-bond donors (Lipinski definition) is 1. The van der Waals surface area contributed by atoms with E-state index in [2.05, 4.69) is 10.3 Å². The Hall–Kier alpha value is -2.93. The number of halogens is 1. The van der Waals surface area contributed by atoms with Gasteiger partial charge in [0.2, 0.25) is 5.82 Å². The fraction of sp³-hybridized carbons (Fsp3) is 0.176. The maximum atomic E-state index is 12.4. The van der Waals surface area contributed by atoms with Gasteiger partial charge in [0.1, 0.15) is 5.65 Å². The Labute approximate surface area is 147 Å². The second-order valence-corrected chi connectivity index (χ2v) is 6.38. The number of hydrogen-bond acceptors (Lipinski definition) is 5. The van der Waals surface area contributed by atoms with Crippen LogP contribution < -0.4 is 10.9 Å². The van der Waals surface area contributed by atoms with Crippen LogP contribution in [0.3, 0.4) is 0 Å². The third-order valence-electron chi connectivity index (χ3n) is 4.28. The summed E-state index contributed by atoms with van der Waals surface area (Å²) in [5.74, 6) is 0.199. The monoisotopic (exact) mass is 356 g/mol. The molecular formula is C17H13ClN4O3. The molecule has 1 fully saturated rings. The minimum atomic E-state index is -0.696. The van der Waals surface area contributed by atoms with Crippen LogP contribution >= 0.6 is 11.6 Å². The van der Waals surface area contributed by atoms with E-state index in [-0.39, 0.29) is 17.8 Å². The zero-order valence-electron chi connectivity index (χ0n) is 12.9. The van der Waals surface area contributed by atoms with Crippen LogP contribution in [0.5, 0.6) is 0 Å². The highest BCUT2D eigenvalue weighted by Crippen LogP contribution is 2.43. The number of rotatable bonds is 4. The van der Waals surface area contributed by atoms with E-state index < -0.39 is 16.2 Å². The van der Waals surface area contributed by atoms with Crippen LogP contribution in [-0.4, -0.2) is 20.3 Å². The van der Waals surface area contributed by atoms with Gasteiger partial charge in [0, 0.05) is 23.2 Å². The Bertz CT molecular complexity index is 1050. The molecule has 8 heteroatoms. The van der Waals surface area contributed by atoms with Crippen LogP contribution in [0.15, 0.2) is 53.5 Å². The fourth-order valence-corrected chi connectivity index (χ4v) is 3.18. The Morgan fingerprint density at radius 2 is 2.12 bits per heavy atom. The lowest BCUT2D eigenvalue weighted by Gasteiger charge is -2.08. The van der Waals surface area contributed by atoms with E-state index in [9.17, 15) is 14.9 Å². The first-order chi connectivity index (χ1) is 12.0. The average molecular weight is 357 g/mol. The fourth-order valence-electron chi connectivity index (χ4n) is 2.98. The van der Waals surface area contributed by atoms with Crippen LogP contribution in [0.4, 0.5) is 11.5 Å². The molecule has 2 aromatic heterocycles. The molecule has 2 heterocycles. The normalized spacial score (nSPS) is 18.9. The predicted molar refractivity (Wildman–Crippen MR) is 94.3 cm³/mol. The summed E-state index contributed by atoms with van der Waals surface area (Å²) in [5.41, 5.74) is 0.184. The summed E-state index contributed by atoms with van der Waals surface area (Å²) in [7, 11) is 0. The lowest BCUT2D eigenvalue weighted by Crippen LogP contribution is -2.22. The van der Waals surface area contributed by atoms with Crippen LogP contribution in [0, 0.1) is 10.1 Å². The third kappa shape index (κ3) is 2.83. The summed E-state index contributed by atoms with van der Waals surface area (Å²) in [5, 5.41) is 15.1. The van der Waals surface area contributed by atoms with Crippen molar-refractivity contribution in [3.8, 4) is 0 Å². The largest absolute Gasteiger partial charge is 0.376 e. The van der Waals surface area contributed by atoms with Gasteiger partial charge in [-0.1, -0.05) is 29.8 Å². The number of aromatic nitrogens is 2. The van der Waals surface area contributed by atoms with Gasteiger partial charge in [-0.15, -0.1) is 0 Å². The first kappa shape index (κ1) is 15.6. The van der Waals surface area contributed by atoms with E-state index in [0.29, 0.717) is 10.7 Å². The minimum Gasteiger partial charge on any atom is -0.361 e. The van der Waals surface area contributed by atoms with E-state index >= 15 is 0 Å². The van der Waals surface area contributed by atoms with E-state index in [1.54, 1.807) is 24.3 Å². The number of nitrogens with zero attached hydrogens (tertiary/aromatic N) is 3. The Morgan fingerprint density at radius 3 is 2.88 bits per heavy atom. The van der Waals surface area contributed by atoms with Gasteiger partial charge in [-0.25, -0.2) is 4.98 Å². The molecule has 1 aliphatic rings. The lowest BCUT2D eigenvalue weighted by atomic mass is 10.1. The van der Waals surface area contributed by atoms with Crippen molar-refractivity contribution in [2.75, 3.05) is 5.32 Å². The summed E-state index contributed by atoms with van der Waals surface area (Å²) < 4.78 is 1.17. The maximum absolute atomic E-state index is 12.4. The van der Waals surface area contributed by atoms with Gasteiger partial charge < -0.3 is 5.32 Å². The van der Waals surface area contributed by atoms with Crippen LogP contribution in [0.25, 0.3) is 5.65 Å². The number of anilines is 1. The molecule has 1 aromatic carbocycles. The van der Waals surface area contributed by atoms with Crippen molar-refractivity contribution < 1.29 is 4.92 Å². The van der Waals surface area contributed by atoms with Crippen molar-refractivity contribution in [1.29, 1.82) is 0 Å². The number of nitro groups is 1. The maximum Gasteiger partial charge on any atom is 0.376 e. The van der Waals surface area contributed by atoms with E-state index in [0.717, 1.165) is 12.0 Å². The van der Waals surface area contributed by atoms with Gasteiger partial charge in [0.25, 0.3) is 0 Å². The molecule has 0 amide bonds. The Kier molecular flexibility index (Phi) is 3.65. The quantitative estimate of drug-likeness (QED) is 0.572. The lowest BCUT2D eigenvalue weighted by molar-refractivity contribution is -0.385. The highest BCUT2D eigenvalue weighted by Gasteiger charge is 2.40. The number of pyridine rings is 1. The predicted octanol–water partition coefficient (Wildman–Crippen LogP) is 3.22. The summed E-state index contributed by atoms with van der Waals surface area (Å²) in [6.45, 7) is 0. The van der Waals surface area contributed by atoms with Gasteiger partial charge >= 0.3 is 11.2 Å². The molecule has 0 aliphatic heterocycles. The molecule has 1 aliphatic carbocycles. The molecule has 2 unspecified atom stereocenters. The van der Waals surface area contributed by atoms with Crippen molar-refractivity contribution in [2.45, 2.75) is 18.4 Å². The second-order valence-electron chi connectivity index (χ2n) is 5.95. The Morgan fingerprint density at radius 1 is 1.28 bits per heavy atom. The first-order valence-corrected chi connectivity index (χ1v) is 8.10. The van der Waals surface area contributed by atoms with E-state index in [1.807, 2.05) is 18.2 Å². The summed E-state index contributed by atoms with van der Waals surface area (Å²) in [6, 6.07) is 12.5. The topological polar surface area (TPSA) is 89.5 Å². The molecule has 0 saturated heterocycles. The van der Waals surface area contributed by atoms with Gasteiger partial charge in [-0.3, -0.25) is 19.3 Å². The summed E-state index contributed by atoms with van der Waals surface area (Å²) >= 11 is 6.01. The molecule has 25 heavy (non-hydrogen) atoms. The molecule has 1 saturated carbocycles. The Balaban J connectivity index is 1.69. The van der Waals surface area contributed by atoms with Gasteiger partial charge in [-0.2, -0.15) is 0 Å². The van der Waals surface area contributed by atoms with Crippen molar-refractivity contribution in [1.82, 2.24) is 9.38 Å². The zero-order chi connectivity index (χ0) is 17.6. The van der Waals surface area contributed by atoms with Crippen molar-refractivity contribution in [3.05, 3.63) is 79.7 Å². The molecule has 0 bridgehead atoms. The van der Waals surface area contributed by atoms with Crippen molar-refractivity contribution in [2.24, 2.45) is 0 Å². The highest BCUT2D eigenvalue weighted by atomic mass is 35.5. The molecule has 0 spiro atoms. The smallest absolute Gasteiger partial charge is 0.361 e. The van der Waals surface area contributed by atoms with E-state index in [1.165, 1.54) is 10.6 Å². The molecule has 7 nitrogen and oxygen atoms in total. The third-order valence-corrected chi connectivity index (χ3v) is 4.52. The summed E-state index contributed by atoms with van der Waals surface area (Å²) in [6.07, 6.45) is 2.26. The van der Waals surface area contributed by atoms with Crippen LogP contribution in [-0.2, 0) is 0 Å². The first-order valence-electron chi connectivity index (χ1n) is 7.72. The minimum absolute atomic E-state index is 0.00993. The average Bonchev–Trinajstić information content (AvgIpc) is 3.34.